The van der Waals surface area contributed by atoms with Crippen molar-refractivity contribution >= 4 is 17.4 Å². The number of rotatable bonds is 6. The Labute approximate surface area is 197 Å². The Balaban J connectivity index is 1.46. The molecule has 0 unspecified atom stereocenters. The molecule has 0 bridgehead atoms. The molecule has 0 aliphatic carbocycles. The molecule has 34 heavy (non-hydrogen) atoms. The van der Waals surface area contributed by atoms with Crippen molar-refractivity contribution in [2.45, 2.75) is 12.5 Å². The van der Waals surface area contributed by atoms with Crippen LogP contribution in [0.4, 0.5) is 0 Å². The van der Waals surface area contributed by atoms with Crippen molar-refractivity contribution in [1.29, 1.82) is 0 Å². The van der Waals surface area contributed by atoms with Crippen LogP contribution >= 0.6 is 0 Å². The summed E-state index contributed by atoms with van der Waals surface area (Å²) in [5, 5.41) is 11.2. The Bertz CT molecular complexity index is 1100. The van der Waals surface area contributed by atoms with Gasteiger partial charge in [-0.05, 0) is 36.8 Å². The van der Waals surface area contributed by atoms with E-state index in [9.17, 15) is 14.7 Å². The summed E-state index contributed by atoms with van der Waals surface area (Å²) in [6, 6.07) is 9.56. The zero-order valence-corrected chi connectivity index (χ0v) is 18.8. The van der Waals surface area contributed by atoms with Gasteiger partial charge in [-0.2, -0.15) is 0 Å². The van der Waals surface area contributed by atoms with Crippen molar-refractivity contribution in [2.24, 2.45) is 0 Å². The molecule has 3 aliphatic heterocycles. The molecule has 1 atom stereocenters. The van der Waals surface area contributed by atoms with Gasteiger partial charge in [-0.3, -0.25) is 19.5 Å². The summed E-state index contributed by atoms with van der Waals surface area (Å²) >= 11 is 0. The van der Waals surface area contributed by atoms with Crippen LogP contribution in [-0.2, 0) is 14.3 Å². The van der Waals surface area contributed by atoms with Crippen LogP contribution < -0.4 is 9.47 Å². The summed E-state index contributed by atoms with van der Waals surface area (Å²) in [4.78, 5) is 34.4. The third kappa shape index (κ3) is 4.36. The summed E-state index contributed by atoms with van der Waals surface area (Å²) in [5.41, 5.74) is 0.954. The quantitative estimate of drug-likeness (QED) is 0.393. The van der Waals surface area contributed by atoms with Gasteiger partial charge in [-0.15, -0.1) is 0 Å². The standard InChI is InChI=1S/C25H27N3O6/c29-23(17-5-6-19-20(16-17)34-15-14-33-19)21-22(18-4-1-2-7-26-18)28(25(31)24(21)30)9-3-8-27-10-12-32-13-11-27/h1-2,4-7,16,22,29H,3,8-15H2/b23-21+/t22-/m0/s1. The maximum absolute atomic E-state index is 13.1. The van der Waals surface area contributed by atoms with E-state index in [4.69, 9.17) is 14.2 Å². The number of ether oxygens (including phenoxy) is 3. The lowest BCUT2D eigenvalue weighted by molar-refractivity contribution is -0.140. The lowest BCUT2D eigenvalue weighted by atomic mass is 9.98. The summed E-state index contributed by atoms with van der Waals surface area (Å²) in [6.07, 6.45) is 2.31. The SMILES string of the molecule is O=C1C(=O)N(CCCN2CCOCC2)[C@@H](c2ccccn2)/C1=C(\O)c1ccc2c(c1)OCCO2. The molecule has 1 amide bonds. The lowest BCUT2D eigenvalue weighted by Crippen LogP contribution is -2.39. The second kappa shape index (κ2) is 9.82. The number of pyridine rings is 1. The molecule has 1 aromatic heterocycles. The molecule has 2 aromatic rings. The van der Waals surface area contributed by atoms with Crippen LogP contribution in [-0.4, -0.2) is 84.2 Å². The van der Waals surface area contributed by atoms with Crippen molar-refractivity contribution < 1.29 is 28.9 Å². The molecule has 3 aliphatic rings. The summed E-state index contributed by atoms with van der Waals surface area (Å²) in [6.45, 7) is 5.14. The van der Waals surface area contributed by atoms with Crippen molar-refractivity contribution in [1.82, 2.24) is 14.8 Å². The lowest BCUT2D eigenvalue weighted by Gasteiger charge is -2.29. The molecule has 1 aromatic carbocycles. The fourth-order valence-corrected chi connectivity index (χ4v) is 4.59. The van der Waals surface area contributed by atoms with Gasteiger partial charge < -0.3 is 24.2 Å². The maximum Gasteiger partial charge on any atom is 0.295 e. The highest BCUT2D eigenvalue weighted by Gasteiger charge is 2.46. The zero-order valence-electron chi connectivity index (χ0n) is 18.8. The molecule has 178 valence electrons. The number of likely N-dealkylation sites (tertiary alicyclic amines) is 1. The highest BCUT2D eigenvalue weighted by Crippen LogP contribution is 2.40. The Morgan fingerprint density at radius 2 is 1.79 bits per heavy atom. The number of carbonyl (C=O) groups excluding carboxylic acids is 2. The minimum atomic E-state index is -0.765. The van der Waals surface area contributed by atoms with Gasteiger partial charge in [0.05, 0.1) is 24.5 Å². The summed E-state index contributed by atoms with van der Waals surface area (Å²) < 4.78 is 16.6. The first-order valence-corrected chi connectivity index (χ1v) is 11.5. The number of carbonyl (C=O) groups is 2. The number of hydrogen-bond donors (Lipinski definition) is 1. The molecular formula is C25H27N3O6. The van der Waals surface area contributed by atoms with Crippen LogP contribution in [0.1, 0.15) is 23.7 Å². The van der Waals surface area contributed by atoms with Crippen molar-refractivity contribution in [2.75, 3.05) is 52.6 Å². The fourth-order valence-electron chi connectivity index (χ4n) is 4.59. The number of hydrogen-bond acceptors (Lipinski definition) is 8. The van der Waals surface area contributed by atoms with Crippen LogP contribution in [0.3, 0.4) is 0 Å². The van der Waals surface area contributed by atoms with Gasteiger partial charge in [-0.1, -0.05) is 6.07 Å². The number of morpholine rings is 1. The first-order valence-electron chi connectivity index (χ1n) is 11.5. The Kier molecular flexibility index (Phi) is 6.46. The van der Waals surface area contributed by atoms with Gasteiger partial charge in [0.1, 0.15) is 25.0 Å². The van der Waals surface area contributed by atoms with Crippen molar-refractivity contribution in [3.05, 3.63) is 59.4 Å². The van der Waals surface area contributed by atoms with Crippen LogP contribution in [0.2, 0.25) is 0 Å². The summed E-state index contributed by atoms with van der Waals surface area (Å²) in [7, 11) is 0. The van der Waals surface area contributed by atoms with Gasteiger partial charge in [0.2, 0.25) is 0 Å². The molecule has 4 heterocycles. The van der Waals surface area contributed by atoms with Crippen LogP contribution in [0, 0.1) is 0 Å². The van der Waals surface area contributed by atoms with Crippen LogP contribution in [0.15, 0.2) is 48.2 Å². The Morgan fingerprint density at radius 1 is 1.00 bits per heavy atom. The smallest absolute Gasteiger partial charge is 0.295 e. The number of aromatic nitrogens is 1. The molecule has 9 nitrogen and oxygen atoms in total. The number of nitrogens with zero attached hydrogens (tertiary/aromatic N) is 3. The topological polar surface area (TPSA) is 101 Å². The molecule has 2 saturated heterocycles. The highest BCUT2D eigenvalue weighted by atomic mass is 16.6. The number of aliphatic hydroxyl groups is 1. The molecular weight excluding hydrogens is 438 g/mol. The van der Waals surface area contributed by atoms with E-state index in [1.807, 2.05) is 0 Å². The molecule has 2 fully saturated rings. The average Bonchev–Trinajstić information content (AvgIpc) is 3.14. The predicted octanol–water partition coefficient (Wildman–Crippen LogP) is 2.00. The van der Waals surface area contributed by atoms with E-state index in [2.05, 4.69) is 9.88 Å². The summed E-state index contributed by atoms with van der Waals surface area (Å²) in [5.74, 6) is -0.523. The number of ketones is 1. The van der Waals surface area contributed by atoms with Crippen LogP contribution in [0.5, 0.6) is 11.5 Å². The van der Waals surface area contributed by atoms with E-state index in [0.29, 0.717) is 62.1 Å². The van der Waals surface area contributed by atoms with E-state index in [0.717, 1.165) is 19.6 Å². The normalized spacial score (nSPS) is 22.2. The van der Waals surface area contributed by atoms with E-state index in [1.54, 1.807) is 42.6 Å². The van der Waals surface area contributed by atoms with E-state index in [1.165, 1.54) is 4.90 Å². The molecule has 0 spiro atoms. The number of Topliss-reactive ketones (excluding diaryl/α,β-unsaturated/α-hetero) is 1. The average molecular weight is 466 g/mol. The second-order valence-corrected chi connectivity index (χ2v) is 8.41. The van der Waals surface area contributed by atoms with E-state index in [-0.39, 0.29) is 11.3 Å². The van der Waals surface area contributed by atoms with Gasteiger partial charge in [-0.25, -0.2) is 0 Å². The molecule has 5 rings (SSSR count). The number of amides is 1. The molecule has 1 N–H and O–H groups in total. The molecule has 0 radical (unpaired) electrons. The van der Waals surface area contributed by atoms with Crippen LogP contribution in [0.25, 0.3) is 5.76 Å². The predicted molar refractivity (Wildman–Crippen MR) is 123 cm³/mol. The fraction of sp³-hybridized carbons (Fsp3) is 0.400. The van der Waals surface area contributed by atoms with Crippen molar-refractivity contribution in [3.8, 4) is 11.5 Å². The third-order valence-corrected chi connectivity index (χ3v) is 6.30. The maximum atomic E-state index is 13.1. The first-order chi connectivity index (χ1) is 16.6. The Hall–Kier alpha value is -3.43. The molecule has 9 heteroatoms. The van der Waals surface area contributed by atoms with Gasteiger partial charge in [0.15, 0.2) is 11.5 Å². The monoisotopic (exact) mass is 465 g/mol. The molecule has 0 saturated carbocycles. The minimum absolute atomic E-state index is 0.0340. The zero-order chi connectivity index (χ0) is 23.5. The number of benzene rings is 1. The van der Waals surface area contributed by atoms with Crippen molar-refractivity contribution in [3.63, 3.8) is 0 Å². The third-order valence-electron chi connectivity index (χ3n) is 6.30. The first kappa shape index (κ1) is 22.4. The van der Waals surface area contributed by atoms with Gasteiger partial charge in [0, 0.05) is 37.9 Å². The second-order valence-electron chi connectivity index (χ2n) is 8.41. The number of aliphatic hydroxyl groups excluding tert-OH is 1. The van der Waals surface area contributed by atoms with E-state index >= 15 is 0 Å². The Morgan fingerprint density at radius 3 is 2.56 bits per heavy atom. The van der Waals surface area contributed by atoms with E-state index < -0.39 is 17.7 Å². The highest BCUT2D eigenvalue weighted by molar-refractivity contribution is 6.46. The number of fused-ring (bicyclic) bond motifs is 1. The minimum Gasteiger partial charge on any atom is -0.507 e. The van der Waals surface area contributed by atoms with Gasteiger partial charge >= 0.3 is 0 Å². The largest absolute Gasteiger partial charge is 0.507 e. The van der Waals surface area contributed by atoms with Gasteiger partial charge in [0.25, 0.3) is 11.7 Å².